The molecule has 122 valence electrons. The number of carbonyl (C=O) groups excluding carboxylic acids is 1. The lowest BCUT2D eigenvalue weighted by Crippen LogP contribution is -2.35. The van der Waals surface area contributed by atoms with E-state index in [2.05, 4.69) is 22.4 Å². The average Bonchev–Trinajstić information content (AvgIpc) is 2.61. The number of pyridine rings is 1. The second-order valence-electron chi connectivity index (χ2n) is 5.98. The molecule has 1 aromatic heterocycles. The van der Waals surface area contributed by atoms with Crippen molar-refractivity contribution in [1.29, 1.82) is 0 Å². The van der Waals surface area contributed by atoms with E-state index in [1.807, 2.05) is 37.3 Å². The van der Waals surface area contributed by atoms with Gasteiger partial charge in [0.05, 0.1) is 0 Å². The van der Waals surface area contributed by atoms with Crippen LogP contribution in [0.15, 0.2) is 65.6 Å². The molecule has 0 radical (unpaired) electrons. The number of aryl methyl sites for hydroxylation is 1. The van der Waals surface area contributed by atoms with Crippen molar-refractivity contribution in [3.05, 3.63) is 82.1 Å². The van der Waals surface area contributed by atoms with Crippen molar-refractivity contribution in [1.82, 2.24) is 10.3 Å². The largest absolute Gasteiger partial charge is 0.360 e. The van der Waals surface area contributed by atoms with Gasteiger partial charge in [0.25, 0.3) is 5.91 Å². The fourth-order valence-corrected chi connectivity index (χ4v) is 2.74. The average molecular weight is 320 g/mol. The van der Waals surface area contributed by atoms with Gasteiger partial charge in [-0.05, 0) is 37.5 Å². The Morgan fingerprint density at radius 2 is 1.79 bits per heavy atom. The summed E-state index contributed by atoms with van der Waals surface area (Å²) in [7, 11) is 0. The summed E-state index contributed by atoms with van der Waals surface area (Å²) in [6.45, 7) is 1.95. The minimum atomic E-state index is -0.331. The van der Waals surface area contributed by atoms with Crippen molar-refractivity contribution in [2.45, 2.75) is 25.8 Å². The van der Waals surface area contributed by atoms with Crippen LogP contribution >= 0.6 is 0 Å². The van der Waals surface area contributed by atoms with Gasteiger partial charge in [0.2, 0.25) is 5.43 Å². The van der Waals surface area contributed by atoms with Crippen LogP contribution in [0.1, 0.15) is 29.3 Å². The smallest absolute Gasteiger partial charge is 0.256 e. The number of hydrogen-bond donors (Lipinski definition) is 2. The Morgan fingerprint density at radius 1 is 1.08 bits per heavy atom. The van der Waals surface area contributed by atoms with Crippen LogP contribution in [0, 0.1) is 0 Å². The first kappa shape index (κ1) is 16.0. The van der Waals surface area contributed by atoms with Crippen LogP contribution in [-0.4, -0.2) is 16.9 Å². The van der Waals surface area contributed by atoms with Gasteiger partial charge in [-0.25, -0.2) is 0 Å². The zero-order valence-corrected chi connectivity index (χ0v) is 13.6. The third kappa shape index (κ3) is 3.54. The van der Waals surface area contributed by atoms with E-state index in [4.69, 9.17) is 0 Å². The highest BCUT2D eigenvalue weighted by atomic mass is 16.2. The number of aromatic amines is 1. The van der Waals surface area contributed by atoms with Crippen molar-refractivity contribution in [3.8, 4) is 0 Å². The minimum Gasteiger partial charge on any atom is -0.360 e. The predicted molar refractivity (Wildman–Crippen MR) is 96.3 cm³/mol. The van der Waals surface area contributed by atoms with Gasteiger partial charge in [-0.2, -0.15) is 0 Å². The monoisotopic (exact) mass is 320 g/mol. The summed E-state index contributed by atoms with van der Waals surface area (Å²) in [6.07, 6.45) is 3.20. The molecule has 0 saturated heterocycles. The van der Waals surface area contributed by atoms with E-state index in [1.54, 1.807) is 12.1 Å². The number of H-pyrrole nitrogens is 1. The number of hydrogen-bond acceptors (Lipinski definition) is 2. The molecule has 1 heterocycles. The molecule has 0 bridgehead atoms. The molecule has 0 spiro atoms. The Labute approximate surface area is 140 Å². The van der Waals surface area contributed by atoms with Gasteiger partial charge in [0.1, 0.15) is 5.56 Å². The quantitative estimate of drug-likeness (QED) is 0.758. The van der Waals surface area contributed by atoms with Gasteiger partial charge in [-0.1, -0.05) is 42.5 Å². The summed E-state index contributed by atoms with van der Waals surface area (Å²) >= 11 is 0. The number of fused-ring (bicyclic) bond motifs is 1. The van der Waals surface area contributed by atoms with Crippen LogP contribution in [0.4, 0.5) is 0 Å². The van der Waals surface area contributed by atoms with Crippen LogP contribution in [0.3, 0.4) is 0 Å². The maximum Gasteiger partial charge on any atom is 0.256 e. The topological polar surface area (TPSA) is 62.0 Å². The van der Waals surface area contributed by atoms with Crippen LogP contribution in [0.5, 0.6) is 0 Å². The van der Waals surface area contributed by atoms with Crippen LogP contribution in [-0.2, 0) is 6.42 Å². The first-order chi connectivity index (χ1) is 11.6. The van der Waals surface area contributed by atoms with Crippen molar-refractivity contribution in [2.75, 3.05) is 0 Å². The number of aromatic nitrogens is 1. The summed E-state index contributed by atoms with van der Waals surface area (Å²) in [5.74, 6) is -0.331. The summed E-state index contributed by atoms with van der Waals surface area (Å²) < 4.78 is 0. The molecule has 3 rings (SSSR count). The summed E-state index contributed by atoms with van der Waals surface area (Å²) in [5, 5.41) is 3.44. The molecule has 0 saturated carbocycles. The number of nitrogens with one attached hydrogen (secondary N) is 2. The number of para-hydroxylation sites is 1. The van der Waals surface area contributed by atoms with E-state index in [9.17, 15) is 9.59 Å². The lowest BCUT2D eigenvalue weighted by molar-refractivity contribution is 0.0937. The van der Waals surface area contributed by atoms with Crippen LogP contribution < -0.4 is 10.7 Å². The van der Waals surface area contributed by atoms with E-state index in [0.29, 0.717) is 5.39 Å². The molecule has 3 aromatic rings. The fraction of sp³-hybridized carbons (Fsp3) is 0.200. The molecule has 2 aromatic carbocycles. The minimum absolute atomic E-state index is 0.0106. The second-order valence-corrected chi connectivity index (χ2v) is 5.98. The van der Waals surface area contributed by atoms with Gasteiger partial charge < -0.3 is 10.3 Å². The maximum absolute atomic E-state index is 12.4. The zero-order chi connectivity index (χ0) is 16.9. The third-order valence-electron chi connectivity index (χ3n) is 4.12. The van der Waals surface area contributed by atoms with E-state index < -0.39 is 0 Å². The van der Waals surface area contributed by atoms with Crippen molar-refractivity contribution in [2.24, 2.45) is 0 Å². The third-order valence-corrected chi connectivity index (χ3v) is 4.12. The molecule has 4 nitrogen and oxygen atoms in total. The van der Waals surface area contributed by atoms with Gasteiger partial charge in [0, 0.05) is 23.1 Å². The Morgan fingerprint density at radius 3 is 2.58 bits per heavy atom. The van der Waals surface area contributed by atoms with Gasteiger partial charge in [0.15, 0.2) is 0 Å². The van der Waals surface area contributed by atoms with Gasteiger partial charge >= 0.3 is 0 Å². The standard InChI is InChI=1S/C20H20N2O2/c1-14(11-12-15-7-3-2-4-8-15)22-20(24)17-13-21-18-10-6-5-9-16(18)19(17)23/h2-10,13-14H,11-12H2,1H3,(H,21,23)(H,22,24)/t14-/m1/s1. The van der Waals surface area contributed by atoms with Crippen LogP contribution in [0.25, 0.3) is 10.9 Å². The Bertz CT molecular complexity index is 900. The molecule has 0 unspecified atom stereocenters. The van der Waals surface area contributed by atoms with E-state index in [1.165, 1.54) is 11.8 Å². The van der Waals surface area contributed by atoms with Crippen molar-refractivity contribution < 1.29 is 4.79 Å². The Hall–Kier alpha value is -2.88. The molecule has 4 heteroatoms. The highest BCUT2D eigenvalue weighted by Crippen LogP contribution is 2.08. The molecule has 1 amide bonds. The SMILES string of the molecule is C[C@H](CCc1ccccc1)NC(=O)c1c[nH]c2ccccc2c1=O. The molecular weight excluding hydrogens is 300 g/mol. The van der Waals surface area contributed by atoms with Crippen molar-refractivity contribution in [3.63, 3.8) is 0 Å². The van der Waals surface area contributed by atoms with E-state index in [-0.39, 0.29) is 22.9 Å². The van der Waals surface area contributed by atoms with Gasteiger partial charge in [-0.15, -0.1) is 0 Å². The molecule has 0 aliphatic carbocycles. The lowest BCUT2D eigenvalue weighted by atomic mass is 10.1. The highest BCUT2D eigenvalue weighted by Gasteiger charge is 2.15. The summed E-state index contributed by atoms with van der Waals surface area (Å²) in [5.41, 5.74) is 1.88. The van der Waals surface area contributed by atoms with Gasteiger partial charge in [-0.3, -0.25) is 9.59 Å². The fourth-order valence-electron chi connectivity index (χ4n) is 2.74. The number of carbonyl (C=O) groups is 1. The maximum atomic E-state index is 12.4. The molecule has 0 aliphatic rings. The molecule has 0 aliphatic heterocycles. The number of rotatable bonds is 5. The first-order valence-electron chi connectivity index (χ1n) is 8.10. The summed E-state index contributed by atoms with van der Waals surface area (Å²) in [4.78, 5) is 27.9. The number of amides is 1. The lowest BCUT2D eigenvalue weighted by Gasteiger charge is -2.14. The number of benzene rings is 2. The summed E-state index contributed by atoms with van der Waals surface area (Å²) in [6, 6.07) is 17.3. The normalized spacial score (nSPS) is 12.0. The molecule has 1 atom stereocenters. The predicted octanol–water partition coefficient (Wildman–Crippen LogP) is 3.28. The van der Waals surface area contributed by atoms with E-state index >= 15 is 0 Å². The Kier molecular flexibility index (Phi) is 4.75. The highest BCUT2D eigenvalue weighted by molar-refractivity contribution is 5.97. The molecule has 2 N–H and O–H groups in total. The van der Waals surface area contributed by atoms with E-state index in [0.717, 1.165) is 18.4 Å². The molecule has 0 fully saturated rings. The Balaban J connectivity index is 1.68. The van der Waals surface area contributed by atoms with Crippen LogP contribution in [0.2, 0.25) is 0 Å². The first-order valence-corrected chi connectivity index (χ1v) is 8.10. The molecule has 24 heavy (non-hydrogen) atoms. The van der Waals surface area contributed by atoms with Crippen molar-refractivity contribution >= 4 is 16.8 Å². The second kappa shape index (κ2) is 7.13. The molecular formula is C20H20N2O2. The zero-order valence-electron chi connectivity index (χ0n) is 13.6.